The average Bonchev–Trinajstić information content (AvgIpc) is 3.60. The first-order chi connectivity index (χ1) is 17.9. The SMILES string of the molecule is C=CC1=C(/C=C\C)C(=O)N(CCn2cc(-c3nc4nccc(-c5ccc(CN)c(F)c5)c4[nH]3)cn2)C1=O. The highest BCUT2D eigenvalue weighted by molar-refractivity contribution is 6.21. The predicted molar refractivity (Wildman–Crippen MR) is 137 cm³/mol. The standard InChI is InChI=1S/C27H24FN7O2/c1-3-5-21-19(4-2)26(36)35(27(21)37)11-10-34-15-18(14-31-34)24-32-23-20(8-9-30-25(23)33-24)16-6-7-17(13-29)22(28)12-16/h3-9,12,14-15H,2,10-11,13,29H2,1H3,(H,30,32,33)/b5-3-. The first-order valence-electron chi connectivity index (χ1n) is 11.7. The lowest BCUT2D eigenvalue weighted by molar-refractivity contribution is -0.137. The van der Waals surface area contributed by atoms with Crippen LogP contribution < -0.4 is 5.73 Å². The Morgan fingerprint density at radius 2 is 1.95 bits per heavy atom. The number of imide groups is 1. The lowest BCUT2D eigenvalue weighted by Crippen LogP contribution is -2.34. The monoisotopic (exact) mass is 497 g/mol. The summed E-state index contributed by atoms with van der Waals surface area (Å²) in [6.45, 7) is 6.03. The third-order valence-corrected chi connectivity index (χ3v) is 6.21. The molecule has 3 N–H and O–H groups in total. The van der Waals surface area contributed by atoms with Crippen LogP contribution in [0.25, 0.3) is 33.7 Å². The number of halogens is 1. The molecule has 1 aromatic carbocycles. The van der Waals surface area contributed by atoms with Gasteiger partial charge in [0.2, 0.25) is 0 Å². The van der Waals surface area contributed by atoms with Gasteiger partial charge in [-0.25, -0.2) is 14.4 Å². The summed E-state index contributed by atoms with van der Waals surface area (Å²) >= 11 is 0. The minimum atomic E-state index is -0.368. The summed E-state index contributed by atoms with van der Waals surface area (Å²) in [6, 6.07) is 6.73. The first kappa shape index (κ1) is 24.0. The van der Waals surface area contributed by atoms with Gasteiger partial charge >= 0.3 is 0 Å². The zero-order valence-electron chi connectivity index (χ0n) is 20.1. The Bertz CT molecular complexity index is 1610. The molecule has 37 heavy (non-hydrogen) atoms. The molecule has 0 radical (unpaired) electrons. The van der Waals surface area contributed by atoms with E-state index in [2.05, 4.69) is 26.6 Å². The van der Waals surface area contributed by atoms with Gasteiger partial charge in [-0.3, -0.25) is 19.2 Å². The zero-order valence-corrected chi connectivity index (χ0v) is 20.1. The Morgan fingerprint density at radius 3 is 2.68 bits per heavy atom. The van der Waals surface area contributed by atoms with Crippen LogP contribution in [-0.4, -0.2) is 48.0 Å². The maximum atomic E-state index is 14.4. The molecule has 10 heteroatoms. The van der Waals surface area contributed by atoms with E-state index in [1.165, 1.54) is 17.0 Å². The van der Waals surface area contributed by atoms with E-state index in [0.717, 1.165) is 5.56 Å². The minimum Gasteiger partial charge on any atom is -0.336 e. The second kappa shape index (κ2) is 9.75. The van der Waals surface area contributed by atoms with Crippen LogP contribution in [0.15, 0.2) is 78.8 Å². The van der Waals surface area contributed by atoms with Gasteiger partial charge in [-0.05, 0) is 24.6 Å². The normalized spacial score (nSPS) is 14.1. The maximum Gasteiger partial charge on any atom is 0.261 e. The van der Waals surface area contributed by atoms with E-state index in [1.807, 2.05) is 6.07 Å². The van der Waals surface area contributed by atoms with Crippen molar-refractivity contribution in [2.45, 2.75) is 20.0 Å². The third kappa shape index (κ3) is 4.27. The number of fused-ring (bicyclic) bond motifs is 1. The number of hydrogen-bond acceptors (Lipinski definition) is 6. The molecule has 4 heterocycles. The highest BCUT2D eigenvalue weighted by Gasteiger charge is 2.35. The highest BCUT2D eigenvalue weighted by Crippen LogP contribution is 2.29. The van der Waals surface area contributed by atoms with Crippen molar-refractivity contribution in [2.24, 2.45) is 5.73 Å². The van der Waals surface area contributed by atoms with Crippen LogP contribution in [0.4, 0.5) is 4.39 Å². The van der Waals surface area contributed by atoms with Crippen LogP contribution in [0.5, 0.6) is 0 Å². The Kier molecular flexibility index (Phi) is 6.33. The van der Waals surface area contributed by atoms with Gasteiger partial charge in [0.1, 0.15) is 11.6 Å². The van der Waals surface area contributed by atoms with Crippen molar-refractivity contribution in [3.63, 3.8) is 0 Å². The minimum absolute atomic E-state index is 0.124. The van der Waals surface area contributed by atoms with E-state index in [0.29, 0.717) is 51.4 Å². The summed E-state index contributed by atoms with van der Waals surface area (Å²) in [6.07, 6.45) is 9.78. The second-order valence-corrected chi connectivity index (χ2v) is 8.44. The number of imidazole rings is 1. The van der Waals surface area contributed by atoms with Crippen LogP contribution in [0.3, 0.4) is 0 Å². The summed E-state index contributed by atoms with van der Waals surface area (Å²) in [5, 5.41) is 4.36. The molecular formula is C27H24FN7O2. The number of aromatic nitrogens is 5. The number of aromatic amines is 1. The summed E-state index contributed by atoms with van der Waals surface area (Å²) in [4.78, 5) is 38.7. The van der Waals surface area contributed by atoms with Gasteiger partial charge in [-0.1, -0.05) is 36.9 Å². The lowest BCUT2D eigenvalue weighted by Gasteiger charge is -2.14. The quantitative estimate of drug-likeness (QED) is 0.359. The number of nitrogens with two attached hydrogens (primary N) is 1. The number of amides is 2. The van der Waals surface area contributed by atoms with E-state index in [-0.39, 0.29) is 30.7 Å². The molecule has 2 amide bonds. The number of allylic oxidation sites excluding steroid dienone is 1. The van der Waals surface area contributed by atoms with Crippen molar-refractivity contribution in [3.05, 3.63) is 90.2 Å². The summed E-state index contributed by atoms with van der Waals surface area (Å²) in [5.41, 5.74) is 9.95. The van der Waals surface area contributed by atoms with Crippen LogP contribution in [0.1, 0.15) is 12.5 Å². The van der Waals surface area contributed by atoms with Gasteiger partial charge in [-0.15, -0.1) is 0 Å². The molecule has 0 saturated heterocycles. The van der Waals surface area contributed by atoms with E-state index in [4.69, 9.17) is 5.73 Å². The Balaban J connectivity index is 1.37. The van der Waals surface area contributed by atoms with Gasteiger partial charge < -0.3 is 10.7 Å². The molecule has 0 spiro atoms. The number of nitrogens with one attached hydrogen (secondary N) is 1. The molecule has 4 aromatic rings. The number of hydrogen-bond donors (Lipinski definition) is 2. The number of carbonyl (C=O) groups is 2. The van der Waals surface area contributed by atoms with Gasteiger partial charge in [0.15, 0.2) is 5.65 Å². The summed E-state index contributed by atoms with van der Waals surface area (Å²) in [5.74, 6) is -0.543. The van der Waals surface area contributed by atoms with Crippen molar-refractivity contribution in [2.75, 3.05) is 6.54 Å². The first-order valence-corrected chi connectivity index (χ1v) is 11.7. The number of carbonyl (C=O) groups excluding carboxylic acids is 2. The van der Waals surface area contributed by atoms with Crippen LogP contribution in [0.2, 0.25) is 0 Å². The van der Waals surface area contributed by atoms with E-state index >= 15 is 0 Å². The number of benzene rings is 1. The molecule has 1 aliphatic heterocycles. The fourth-order valence-corrected chi connectivity index (χ4v) is 4.32. The topological polar surface area (TPSA) is 123 Å². The molecule has 3 aromatic heterocycles. The molecule has 0 fully saturated rings. The molecule has 0 bridgehead atoms. The van der Waals surface area contributed by atoms with E-state index in [1.54, 1.807) is 54.5 Å². The van der Waals surface area contributed by atoms with Crippen molar-refractivity contribution < 1.29 is 14.0 Å². The Hall–Kier alpha value is -4.70. The van der Waals surface area contributed by atoms with Gasteiger partial charge in [0, 0.05) is 36.6 Å². The highest BCUT2D eigenvalue weighted by atomic mass is 19.1. The average molecular weight is 498 g/mol. The van der Waals surface area contributed by atoms with Gasteiger partial charge in [0.25, 0.3) is 11.8 Å². The molecule has 0 aliphatic carbocycles. The number of H-pyrrole nitrogens is 1. The zero-order chi connectivity index (χ0) is 26.1. The van der Waals surface area contributed by atoms with Crippen LogP contribution in [0, 0.1) is 5.82 Å². The molecule has 186 valence electrons. The maximum absolute atomic E-state index is 14.4. The van der Waals surface area contributed by atoms with Crippen molar-refractivity contribution in [1.29, 1.82) is 0 Å². The lowest BCUT2D eigenvalue weighted by atomic mass is 10.0. The Morgan fingerprint density at radius 1 is 1.14 bits per heavy atom. The number of nitrogens with zero attached hydrogens (tertiary/aromatic N) is 5. The molecule has 0 saturated carbocycles. The smallest absolute Gasteiger partial charge is 0.261 e. The van der Waals surface area contributed by atoms with Crippen molar-refractivity contribution in [3.8, 4) is 22.5 Å². The van der Waals surface area contributed by atoms with E-state index in [9.17, 15) is 14.0 Å². The van der Waals surface area contributed by atoms with Gasteiger partial charge in [-0.2, -0.15) is 5.10 Å². The fourth-order valence-electron chi connectivity index (χ4n) is 4.32. The number of rotatable bonds is 8. The van der Waals surface area contributed by atoms with Gasteiger partial charge in [0.05, 0.1) is 35.0 Å². The molecule has 0 atom stereocenters. The number of pyridine rings is 1. The fraction of sp³-hybridized carbons (Fsp3) is 0.148. The van der Waals surface area contributed by atoms with Crippen LogP contribution in [-0.2, 0) is 22.7 Å². The molecule has 0 unspecified atom stereocenters. The second-order valence-electron chi connectivity index (χ2n) is 8.44. The predicted octanol–water partition coefficient (Wildman–Crippen LogP) is 3.51. The summed E-state index contributed by atoms with van der Waals surface area (Å²) < 4.78 is 16.0. The van der Waals surface area contributed by atoms with Crippen molar-refractivity contribution in [1.82, 2.24) is 29.6 Å². The largest absolute Gasteiger partial charge is 0.336 e. The van der Waals surface area contributed by atoms with E-state index < -0.39 is 0 Å². The molecule has 5 rings (SSSR count). The molecule has 9 nitrogen and oxygen atoms in total. The molecule has 1 aliphatic rings. The molecular weight excluding hydrogens is 473 g/mol. The van der Waals surface area contributed by atoms with Crippen LogP contribution >= 0.6 is 0 Å². The Labute approximate surface area is 211 Å². The third-order valence-electron chi connectivity index (χ3n) is 6.21. The van der Waals surface area contributed by atoms with Crippen molar-refractivity contribution >= 4 is 23.0 Å². The summed E-state index contributed by atoms with van der Waals surface area (Å²) in [7, 11) is 0.